The van der Waals surface area contributed by atoms with Crippen molar-refractivity contribution in [3.63, 3.8) is 0 Å². The lowest BCUT2D eigenvalue weighted by atomic mass is 9.81. The van der Waals surface area contributed by atoms with Crippen LogP contribution in [0.2, 0.25) is 0 Å². The average molecular weight is 467 g/mol. The van der Waals surface area contributed by atoms with Crippen LogP contribution in [0, 0.1) is 0 Å². The van der Waals surface area contributed by atoms with Gasteiger partial charge in [0.15, 0.2) is 5.76 Å². The fourth-order valence-corrected chi connectivity index (χ4v) is 4.03. The molecular weight excluding hydrogens is 437 g/mol. The second kappa shape index (κ2) is 11.4. The highest BCUT2D eigenvalue weighted by Gasteiger charge is 2.35. The molecule has 2 N–H and O–H groups in total. The van der Waals surface area contributed by atoms with Gasteiger partial charge in [-0.25, -0.2) is 0 Å². The minimum absolute atomic E-state index is 0.0135. The van der Waals surface area contributed by atoms with E-state index in [-0.39, 0.29) is 18.9 Å². The van der Waals surface area contributed by atoms with Gasteiger partial charge < -0.3 is 19.7 Å². The number of oxime groups is 1. The maximum Gasteiger partial charge on any atom is 0.416 e. The molecule has 3 rings (SSSR count). The van der Waals surface area contributed by atoms with E-state index in [2.05, 4.69) is 10.5 Å². The van der Waals surface area contributed by atoms with Crippen LogP contribution in [0.25, 0.3) is 0 Å². The predicted molar refractivity (Wildman–Crippen MR) is 117 cm³/mol. The van der Waals surface area contributed by atoms with Crippen LogP contribution in [0.5, 0.6) is 0 Å². The van der Waals surface area contributed by atoms with E-state index in [9.17, 15) is 18.0 Å². The summed E-state index contributed by atoms with van der Waals surface area (Å²) in [5.74, 6) is 0.151. The molecule has 0 saturated heterocycles. The Labute approximate surface area is 190 Å². The van der Waals surface area contributed by atoms with Gasteiger partial charge in [-0.1, -0.05) is 36.6 Å². The van der Waals surface area contributed by atoms with Crippen molar-refractivity contribution in [1.29, 1.82) is 0 Å². The number of carboxylic acids is 1. The van der Waals surface area contributed by atoms with Gasteiger partial charge in [-0.2, -0.15) is 13.2 Å². The number of hydrogen-bond acceptors (Lipinski definition) is 5. The lowest BCUT2D eigenvalue weighted by molar-refractivity contribution is -0.139. The third kappa shape index (κ3) is 7.35. The number of furan rings is 1. The number of nitrogens with zero attached hydrogens (tertiary/aromatic N) is 1. The standard InChI is InChI=1S/C24H29F3N2O4/c1-16(22-10-8-19(33-22)14-28-12-11-23(30)31)29-32-15-17-7-9-20(18-5-3-2-4-6-18)21(13-17)24(25,26)27/h7-10,13,18,28H,2-6,11-12,14-15H2,1H3,(H,30,31)/b29-16-. The first-order valence-corrected chi connectivity index (χ1v) is 11.1. The molecule has 0 atom stereocenters. The Balaban J connectivity index is 1.59. The van der Waals surface area contributed by atoms with Crippen molar-refractivity contribution >= 4 is 11.7 Å². The van der Waals surface area contributed by atoms with Crippen LogP contribution in [0.15, 0.2) is 39.9 Å². The van der Waals surface area contributed by atoms with Crippen LogP contribution < -0.4 is 5.32 Å². The van der Waals surface area contributed by atoms with E-state index in [4.69, 9.17) is 14.4 Å². The molecule has 0 spiro atoms. The second-order valence-corrected chi connectivity index (χ2v) is 8.29. The molecule has 9 heteroatoms. The van der Waals surface area contributed by atoms with Crippen molar-refractivity contribution in [2.24, 2.45) is 5.16 Å². The summed E-state index contributed by atoms with van der Waals surface area (Å²) in [6, 6.07) is 7.88. The molecule has 0 radical (unpaired) electrons. The smallest absolute Gasteiger partial charge is 0.416 e. The van der Waals surface area contributed by atoms with Gasteiger partial charge in [-0.05, 0) is 55.0 Å². The van der Waals surface area contributed by atoms with Crippen LogP contribution in [-0.4, -0.2) is 23.3 Å². The van der Waals surface area contributed by atoms with E-state index in [1.54, 1.807) is 31.2 Å². The van der Waals surface area contributed by atoms with Crippen molar-refractivity contribution < 1.29 is 32.3 Å². The minimum Gasteiger partial charge on any atom is -0.481 e. The first kappa shape index (κ1) is 24.8. The molecule has 0 bridgehead atoms. The zero-order valence-corrected chi connectivity index (χ0v) is 18.6. The van der Waals surface area contributed by atoms with Crippen molar-refractivity contribution in [3.8, 4) is 0 Å². The summed E-state index contributed by atoms with van der Waals surface area (Å²) in [6.07, 6.45) is 0.205. The number of rotatable bonds is 10. The molecule has 1 aliphatic carbocycles. The fourth-order valence-electron chi connectivity index (χ4n) is 4.03. The lowest BCUT2D eigenvalue weighted by Crippen LogP contribution is -2.17. The largest absolute Gasteiger partial charge is 0.481 e. The summed E-state index contributed by atoms with van der Waals surface area (Å²) in [5.41, 5.74) is 0.649. The van der Waals surface area contributed by atoms with Crippen LogP contribution in [0.4, 0.5) is 13.2 Å². The van der Waals surface area contributed by atoms with Gasteiger partial charge >= 0.3 is 12.1 Å². The molecule has 0 amide bonds. The summed E-state index contributed by atoms with van der Waals surface area (Å²) in [4.78, 5) is 15.8. The molecule has 1 aliphatic rings. The highest BCUT2D eigenvalue weighted by molar-refractivity contribution is 5.95. The molecule has 0 aliphatic heterocycles. The molecule has 1 aromatic carbocycles. The van der Waals surface area contributed by atoms with Gasteiger partial charge in [0.05, 0.1) is 18.5 Å². The van der Waals surface area contributed by atoms with Crippen LogP contribution >= 0.6 is 0 Å². The first-order chi connectivity index (χ1) is 15.7. The fraction of sp³-hybridized carbons (Fsp3) is 0.500. The Morgan fingerprint density at radius 2 is 1.97 bits per heavy atom. The first-order valence-electron chi connectivity index (χ1n) is 11.1. The van der Waals surface area contributed by atoms with Gasteiger partial charge in [0, 0.05) is 6.54 Å². The van der Waals surface area contributed by atoms with Gasteiger partial charge in [0.1, 0.15) is 18.1 Å². The number of alkyl halides is 3. The quantitative estimate of drug-likeness (QED) is 0.261. The third-order valence-corrected chi connectivity index (χ3v) is 5.73. The normalized spacial score (nSPS) is 15.6. The van der Waals surface area contributed by atoms with Crippen molar-refractivity contribution in [1.82, 2.24) is 5.32 Å². The van der Waals surface area contributed by atoms with Crippen molar-refractivity contribution in [2.75, 3.05) is 6.54 Å². The minimum atomic E-state index is -4.41. The number of halogens is 3. The Morgan fingerprint density at radius 3 is 2.67 bits per heavy atom. The van der Waals surface area contributed by atoms with Gasteiger partial charge in [-0.15, -0.1) is 0 Å². The third-order valence-electron chi connectivity index (χ3n) is 5.73. The number of benzene rings is 1. The molecule has 1 aromatic heterocycles. The lowest BCUT2D eigenvalue weighted by Gasteiger charge is -2.25. The summed E-state index contributed by atoms with van der Waals surface area (Å²) in [6.45, 7) is 2.28. The topological polar surface area (TPSA) is 84.1 Å². The Bertz CT molecular complexity index is 963. The van der Waals surface area contributed by atoms with Crippen LogP contribution in [0.1, 0.15) is 79.6 Å². The maximum absolute atomic E-state index is 13.7. The summed E-state index contributed by atoms with van der Waals surface area (Å²) in [7, 11) is 0. The number of carbonyl (C=O) groups is 1. The number of hydrogen-bond donors (Lipinski definition) is 2. The molecule has 0 unspecified atom stereocenters. The second-order valence-electron chi connectivity index (χ2n) is 8.29. The Morgan fingerprint density at radius 1 is 1.21 bits per heavy atom. The molecule has 2 aromatic rings. The van der Waals surface area contributed by atoms with E-state index in [1.807, 2.05) is 0 Å². The van der Waals surface area contributed by atoms with E-state index < -0.39 is 17.7 Å². The molecule has 180 valence electrons. The zero-order valence-electron chi connectivity index (χ0n) is 18.6. The highest BCUT2D eigenvalue weighted by atomic mass is 19.4. The van der Waals surface area contributed by atoms with E-state index in [0.717, 1.165) is 32.1 Å². The summed E-state index contributed by atoms with van der Waals surface area (Å²) in [5, 5.41) is 15.6. The average Bonchev–Trinajstić information content (AvgIpc) is 3.26. The predicted octanol–water partition coefficient (Wildman–Crippen LogP) is 5.85. The number of carboxylic acid groups (broad SMARTS) is 1. The van der Waals surface area contributed by atoms with Crippen molar-refractivity contribution in [2.45, 2.75) is 70.7 Å². The van der Waals surface area contributed by atoms with E-state index in [1.165, 1.54) is 6.07 Å². The molecule has 1 saturated carbocycles. The van der Waals surface area contributed by atoms with Gasteiger partial charge in [0.2, 0.25) is 0 Å². The molecular formula is C24H29F3N2O4. The number of nitrogens with one attached hydrogen (secondary N) is 1. The van der Waals surface area contributed by atoms with Crippen molar-refractivity contribution in [3.05, 3.63) is 58.5 Å². The van der Waals surface area contributed by atoms with E-state index >= 15 is 0 Å². The van der Waals surface area contributed by atoms with Gasteiger partial charge in [-0.3, -0.25) is 4.79 Å². The monoisotopic (exact) mass is 466 g/mol. The molecule has 1 fully saturated rings. The Kier molecular flexibility index (Phi) is 8.55. The Hall–Kier alpha value is -2.81. The summed E-state index contributed by atoms with van der Waals surface area (Å²) < 4.78 is 46.7. The van der Waals surface area contributed by atoms with Crippen LogP contribution in [-0.2, 0) is 29.0 Å². The highest BCUT2D eigenvalue weighted by Crippen LogP contribution is 2.41. The van der Waals surface area contributed by atoms with Gasteiger partial charge in [0.25, 0.3) is 0 Å². The van der Waals surface area contributed by atoms with Crippen LogP contribution in [0.3, 0.4) is 0 Å². The molecule has 6 nitrogen and oxygen atoms in total. The molecule has 33 heavy (non-hydrogen) atoms. The molecule has 1 heterocycles. The van der Waals surface area contributed by atoms with E-state index in [0.29, 0.717) is 41.4 Å². The summed E-state index contributed by atoms with van der Waals surface area (Å²) >= 11 is 0. The zero-order chi connectivity index (χ0) is 23.8. The SMILES string of the molecule is C/C(=N/OCc1ccc(C2CCCCC2)c(C(F)(F)F)c1)c1ccc(CNCCC(=O)O)o1. The maximum atomic E-state index is 13.7. The number of aliphatic carboxylic acids is 1.